The Bertz CT molecular complexity index is 1490. The van der Waals surface area contributed by atoms with E-state index in [2.05, 4.69) is 133 Å². The van der Waals surface area contributed by atoms with Crippen LogP contribution >= 0.6 is 0 Å². The molecule has 2 heteroatoms. The van der Waals surface area contributed by atoms with Crippen LogP contribution in [0.15, 0.2) is 109 Å². The largest absolute Gasteiger partial charge is 0.310 e. The van der Waals surface area contributed by atoms with E-state index in [0.29, 0.717) is 0 Å². The van der Waals surface area contributed by atoms with E-state index in [1.807, 2.05) is 0 Å². The quantitative estimate of drug-likeness (QED) is 0.233. The second kappa shape index (κ2) is 9.22. The number of nitrogens with zero attached hydrogens (tertiary/aromatic N) is 2. The number of hydrogen-bond acceptors (Lipinski definition) is 2. The molecule has 5 aromatic carbocycles. The average Bonchev–Trinajstić information content (AvgIpc) is 2.90. The lowest BCUT2D eigenvalue weighted by atomic mass is 9.88. The zero-order chi connectivity index (χ0) is 25.6. The summed E-state index contributed by atoms with van der Waals surface area (Å²) in [6.45, 7) is 4.29. The van der Waals surface area contributed by atoms with Crippen molar-refractivity contribution in [2.45, 2.75) is 39.5 Å². The molecule has 0 spiro atoms. The van der Waals surface area contributed by atoms with Crippen molar-refractivity contribution in [1.29, 1.82) is 0 Å². The minimum absolute atomic E-state index is 1.16. The van der Waals surface area contributed by atoms with Gasteiger partial charge in [-0.3, -0.25) is 0 Å². The van der Waals surface area contributed by atoms with Gasteiger partial charge in [-0.25, -0.2) is 0 Å². The van der Waals surface area contributed by atoms with Crippen molar-refractivity contribution in [3.05, 3.63) is 143 Å². The zero-order valence-corrected chi connectivity index (χ0v) is 22.1. The van der Waals surface area contributed by atoms with Gasteiger partial charge in [0.05, 0.1) is 0 Å². The third-order valence-corrected chi connectivity index (χ3v) is 8.17. The van der Waals surface area contributed by atoms with Crippen molar-refractivity contribution in [1.82, 2.24) is 0 Å². The molecule has 2 aliphatic carbocycles. The summed E-state index contributed by atoms with van der Waals surface area (Å²) in [5.74, 6) is 0. The van der Waals surface area contributed by atoms with Gasteiger partial charge in [-0.15, -0.1) is 0 Å². The van der Waals surface area contributed by atoms with Crippen molar-refractivity contribution in [2.75, 3.05) is 9.80 Å². The zero-order valence-electron chi connectivity index (χ0n) is 22.1. The molecular formula is C36H32N2. The minimum atomic E-state index is 1.16. The van der Waals surface area contributed by atoms with Gasteiger partial charge in [0.1, 0.15) is 0 Å². The summed E-state index contributed by atoms with van der Waals surface area (Å²) in [6, 6.07) is 40.6. The molecule has 0 saturated heterocycles. The first-order chi connectivity index (χ1) is 18.6. The molecule has 2 aliphatic rings. The van der Waals surface area contributed by atoms with Crippen LogP contribution in [0.2, 0.25) is 0 Å². The molecule has 0 heterocycles. The molecule has 0 atom stereocenters. The maximum absolute atomic E-state index is 2.38. The number of fused-ring (bicyclic) bond motifs is 2. The van der Waals surface area contributed by atoms with Crippen LogP contribution in [0.5, 0.6) is 0 Å². The van der Waals surface area contributed by atoms with E-state index < -0.39 is 0 Å². The fraction of sp³-hybridized carbons (Fsp3) is 0.167. The van der Waals surface area contributed by atoms with Crippen LogP contribution in [0.1, 0.15) is 33.4 Å². The van der Waals surface area contributed by atoms with Crippen LogP contribution in [0.25, 0.3) is 0 Å². The SMILES string of the molecule is Cc1ccc(N(c2ccc(N(c3ccc(C)cc3)c3ccc4c(c3)CC4)cc2)c2ccc3c(c2)CC3)cc1. The number of benzene rings is 5. The molecule has 0 fully saturated rings. The van der Waals surface area contributed by atoms with E-state index in [-0.39, 0.29) is 0 Å². The number of hydrogen-bond donors (Lipinski definition) is 0. The highest BCUT2D eigenvalue weighted by Gasteiger charge is 2.20. The molecular weight excluding hydrogens is 460 g/mol. The molecule has 0 unspecified atom stereocenters. The van der Waals surface area contributed by atoms with E-state index in [1.165, 1.54) is 81.8 Å². The highest BCUT2D eigenvalue weighted by Crippen LogP contribution is 2.41. The van der Waals surface area contributed by atoms with Gasteiger partial charge < -0.3 is 9.80 Å². The predicted octanol–water partition coefficient (Wildman–Crippen LogP) is 9.44. The summed E-state index contributed by atoms with van der Waals surface area (Å²) in [5.41, 5.74) is 15.6. The molecule has 0 aromatic heterocycles. The van der Waals surface area contributed by atoms with Crippen molar-refractivity contribution in [2.24, 2.45) is 0 Å². The summed E-state index contributed by atoms with van der Waals surface area (Å²) in [7, 11) is 0. The lowest BCUT2D eigenvalue weighted by molar-refractivity contribution is 0.839. The summed E-state index contributed by atoms with van der Waals surface area (Å²) in [6.07, 6.45) is 4.75. The molecule has 0 amide bonds. The van der Waals surface area contributed by atoms with Crippen molar-refractivity contribution in [3.63, 3.8) is 0 Å². The van der Waals surface area contributed by atoms with E-state index >= 15 is 0 Å². The van der Waals surface area contributed by atoms with Gasteiger partial charge in [0.2, 0.25) is 0 Å². The van der Waals surface area contributed by atoms with Gasteiger partial charge in [-0.05, 0) is 135 Å². The Morgan fingerprint density at radius 3 is 0.921 bits per heavy atom. The Morgan fingerprint density at radius 1 is 0.342 bits per heavy atom. The number of rotatable bonds is 6. The Hall–Kier alpha value is -4.30. The summed E-state index contributed by atoms with van der Waals surface area (Å²) >= 11 is 0. The number of anilines is 6. The molecule has 2 nitrogen and oxygen atoms in total. The lowest BCUT2D eigenvalue weighted by Crippen LogP contribution is -2.15. The maximum atomic E-state index is 2.38. The molecule has 5 aromatic rings. The predicted molar refractivity (Wildman–Crippen MR) is 160 cm³/mol. The fourth-order valence-electron chi connectivity index (χ4n) is 5.67. The normalized spacial score (nSPS) is 13.1. The first kappa shape index (κ1) is 22.9. The summed E-state index contributed by atoms with van der Waals surface area (Å²) in [4.78, 5) is 4.76. The van der Waals surface area contributed by atoms with E-state index in [0.717, 1.165) is 11.4 Å². The van der Waals surface area contributed by atoms with E-state index in [9.17, 15) is 0 Å². The Kier molecular flexibility index (Phi) is 5.55. The van der Waals surface area contributed by atoms with E-state index in [1.54, 1.807) is 0 Å². The number of aryl methyl sites for hydroxylation is 6. The highest BCUT2D eigenvalue weighted by atomic mass is 15.2. The standard InChI is InChI=1S/C36H32N2/c1-25-3-13-31(14-4-25)37(35-17-11-27-7-9-29(27)23-35)33-19-21-34(22-20-33)38(32-15-5-26(2)6-16-32)36-18-12-28-8-10-30(28)24-36/h3-6,11-24H,7-10H2,1-2H3. The van der Waals surface area contributed by atoms with Gasteiger partial charge in [-0.1, -0.05) is 47.5 Å². The van der Waals surface area contributed by atoms with Gasteiger partial charge in [0, 0.05) is 34.1 Å². The molecule has 7 rings (SSSR count). The van der Waals surface area contributed by atoms with Gasteiger partial charge in [0.15, 0.2) is 0 Å². The molecule has 38 heavy (non-hydrogen) atoms. The van der Waals surface area contributed by atoms with Gasteiger partial charge in [0.25, 0.3) is 0 Å². The fourth-order valence-corrected chi connectivity index (χ4v) is 5.67. The molecule has 0 radical (unpaired) electrons. The topological polar surface area (TPSA) is 6.48 Å². The monoisotopic (exact) mass is 492 g/mol. The van der Waals surface area contributed by atoms with Gasteiger partial charge in [-0.2, -0.15) is 0 Å². The maximum Gasteiger partial charge on any atom is 0.0464 e. The molecule has 0 saturated carbocycles. The Labute approximate surface area is 225 Å². The second-order valence-corrected chi connectivity index (χ2v) is 10.8. The molecule has 0 bridgehead atoms. The van der Waals surface area contributed by atoms with Crippen LogP contribution in [0.4, 0.5) is 34.1 Å². The third kappa shape index (κ3) is 4.07. The van der Waals surface area contributed by atoms with Crippen molar-refractivity contribution in [3.8, 4) is 0 Å². The lowest BCUT2D eigenvalue weighted by Gasteiger charge is -2.30. The molecule has 186 valence electrons. The van der Waals surface area contributed by atoms with E-state index in [4.69, 9.17) is 0 Å². The highest BCUT2D eigenvalue weighted by molar-refractivity contribution is 5.82. The first-order valence-corrected chi connectivity index (χ1v) is 13.7. The first-order valence-electron chi connectivity index (χ1n) is 13.7. The van der Waals surface area contributed by atoms with Crippen LogP contribution < -0.4 is 9.80 Å². The van der Waals surface area contributed by atoms with Crippen LogP contribution in [-0.4, -0.2) is 0 Å². The van der Waals surface area contributed by atoms with Crippen LogP contribution in [0, 0.1) is 13.8 Å². The van der Waals surface area contributed by atoms with Crippen molar-refractivity contribution < 1.29 is 0 Å². The van der Waals surface area contributed by atoms with Crippen molar-refractivity contribution >= 4 is 34.1 Å². The second-order valence-electron chi connectivity index (χ2n) is 10.8. The smallest absolute Gasteiger partial charge is 0.0464 e. The Balaban J connectivity index is 1.30. The minimum Gasteiger partial charge on any atom is -0.310 e. The molecule has 0 N–H and O–H groups in total. The Morgan fingerprint density at radius 2 is 0.632 bits per heavy atom. The summed E-state index contributed by atoms with van der Waals surface area (Å²) < 4.78 is 0. The van der Waals surface area contributed by atoms with Gasteiger partial charge >= 0.3 is 0 Å². The molecule has 0 aliphatic heterocycles. The average molecular weight is 493 g/mol. The third-order valence-electron chi connectivity index (χ3n) is 8.17. The summed E-state index contributed by atoms with van der Waals surface area (Å²) in [5, 5.41) is 0. The van der Waals surface area contributed by atoms with Crippen LogP contribution in [-0.2, 0) is 25.7 Å². The van der Waals surface area contributed by atoms with Crippen LogP contribution in [0.3, 0.4) is 0 Å².